The molecular weight excluding hydrogens is 276 g/mol. The Morgan fingerprint density at radius 3 is 2.56 bits per heavy atom. The summed E-state index contributed by atoms with van der Waals surface area (Å²) in [6.45, 7) is 2.81. The van der Waals surface area contributed by atoms with Crippen LogP contribution in [0.15, 0.2) is 22.7 Å². The minimum atomic E-state index is -1.07. The molecule has 1 rings (SSSR count). The van der Waals surface area contributed by atoms with Gasteiger partial charge in [0.25, 0.3) is 0 Å². The summed E-state index contributed by atoms with van der Waals surface area (Å²) in [6.07, 6.45) is -0.993. The van der Waals surface area contributed by atoms with Gasteiger partial charge in [-0.1, -0.05) is 15.9 Å². The van der Waals surface area contributed by atoms with Gasteiger partial charge in [0.1, 0.15) is 5.75 Å². The van der Waals surface area contributed by atoms with Crippen molar-refractivity contribution in [3.63, 3.8) is 0 Å². The highest BCUT2D eigenvalue weighted by Crippen LogP contribution is 2.25. The molecular formula is C11H11BrO4. The molecule has 0 aliphatic carbocycles. The van der Waals surface area contributed by atoms with Gasteiger partial charge in [-0.2, -0.15) is 0 Å². The zero-order chi connectivity index (χ0) is 12.3. The number of aliphatic carboxylic acids is 1. The minimum absolute atomic E-state index is 0.167. The maximum Gasteiger partial charge on any atom is 0.344 e. The van der Waals surface area contributed by atoms with E-state index in [1.165, 1.54) is 13.8 Å². The number of hydrogen-bond donors (Lipinski definition) is 1. The molecule has 86 valence electrons. The molecule has 5 heteroatoms. The Balaban J connectivity index is 3.05. The van der Waals surface area contributed by atoms with Gasteiger partial charge in [-0.3, -0.25) is 4.79 Å². The van der Waals surface area contributed by atoms with Crippen LogP contribution in [0.25, 0.3) is 0 Å². The minimum Gasteiger partial charge on any atom is -0.479 e. The lowest BCUT2D eigenvalue weighted by Gasteiger charge is -2.13. The smallest absolute Gasteiger partial charge is 0.344 e. The average Bonchev–Trinajstić information content (AvgIpc) is 2.16. The van der Waals surface area contributed by atoms with Crippen LogP contribution in [0.1, 0.15) is 24.2 Å². The molecule has 0 radical (unpaired) electrons. The number of hydrogen-bond acceptors (Lipinski definition) is 3. The van der Waals surface area contributed by atoms with Crippen LogP contribution in [0.5, 0.6) is 5.75 Å². The van der Waals surface area contributed by atoms with Crippen LogP contribution < -0.4 is 4.74 Å². The molecule has 0 saturated heterocycles. The molecule has 1 atom stereocenters. The van der Waals surface area contributed by atoms with E-state index >= 15 is 0 Å². The van der Waals surface area contributed by atoms with Crippen molar-refractivity contribution < 1.29 is 19.4 Å². The Bertz CT molecular complexity index is 428. The topological polar surface area (TPSA) is 63.6 Å². The van der Waals surface area contributed by atoms with E-state index in [4.69, 9.17) is 9.84 Å². The third kappa shape index (κ3) is 3.06. The first-order valence-electron chi connectivity index (χ1n) is 4.61. The lowest BCUT2D eigenvalue weighted by Crippen LogP contribution is -2.23. The molecule has 1 aromatic rings. The first-order valence-corrected chi connectivity index (χ1v) is 5.41. The number of ether oxygens (including phenoxy) is 1. The quantitative estimate of drug-likeness (QED) is 0.864. The number of carbonyl (C=O) groups excluding carboxylic acids is 1. The van der Waals surface area contributed by atoms with Crippen LogP contribution in [0.3, 0.4) is 0 Å². The molecule has 0 heterocycles. The van der Waals surface area contributed by atoms with Gasteiger partial charge in [-0.05, 0) is 32.0 Å². The van der Waals surface area contributed by atoms with Gasteiger partial charge in [0, 0.05) is 4.47 Å². The van der Waals surface area contributed by atoms with Crippen molar-refractivity contribution in [2.75, 3.05) is 0 Å². The summed E-state index contributed by atoms with van der Waals surface area (Å²) in [5, 5.41) is 8.72. The highest BCUT2D eigenvalue weighted by molar-refractivity contribution is 9.10. The number of Topliss-reactive ketones (excluding diaryl/α,β-unsaturated/α-hetero) is 1. The van der Waals surface area contributed by atoms with Gasteiger partial charge in [0.15, 0.2) is 11.9 Å². The highest BCUT2D eigenvalue weighted by Gasteiger charge is 2.16. The summed E-state index contributed by atoms with van der Waals surface area (Å²) >= 11 is 3.23. The van der Waals surface area contributed by atoms with Crippen LogP contribution in [0.2, 0.25) is 0 Å². The molecule has 16 heavy (non-hydrogen) atoms. The number of ketones is 1. The van der Waals surface area contributed by atoms with Crippen molar-refractivity contribution in [2.45, 2.75) is 20.0 Å². The zero-order valence-corrected chi connectivity index (χ0v) is 10.4. The second-order valence-corrected chi connectivity index (χ2v) is 4.21. The first-order chi connectivity index (χ1) is 7.41. The van der Waals surface area contributed by atoms with Crippen molar-refractivity contribution in [3.05, 3.63) is 28.2 Å². The number of carboxylic acid groups (broad SMARTS) is 1. The molecule has 0 aliphatic rings. The van der Waals surface area contributed by atoms with Gasteiger partial charge >= 0.3 is 5.97 Å². The number of benzene rings is 1. The van der Waals surface area contributed by atoms with Crippen LogP contribution in [0.4, 0.5) is 0 Å². The molecule has 0 aromatic heterocycles. The van der Waals surface area contributed by atoms with E-state index in [-0.39, 0.29) is 11.5 Å². The van der Waals surface area contributed by atoms with E-state index in [9.17, 15) is 9.59 Å². The van der Waals surface area contributed by atoms with Crippen molar-refractivity contribution in [1.82, 2.24) is 0 Å². The molecule has 0 amide bonds. The van der Waals surface area contributed by atoms with Gasteiger partial charge in [-0.25, -0.2) is 4.79 Å². The Morgan fingerprint density at radius 2 is 2.06 bits per heavy atom. The predicted octanol–water partition coefficient (Wildman–Crippen LogP) is 2.50. The summed E-state index contributed by atoms with van der Waals surface area (Å²) in [5.41, 5.74) is 0.372. The molecule has 1 unspecified atom stereocenters. The van der Waals surface area contributed by atoms with Crippen LogP contribution in [-0.2, 0) is 4.79 Å². The molecule has 0 saturated carbocycles. The van der Waals surface area contributed by atoms with Crippen molar-refractivity contribution in [2.24, 2.45) is 0 Å². The predicted molar refractivity (Wildman–Crippen MR) is 61.9 cm³/mol. The van der Waals surface area contributed by atoms with Gasteiger partial charge < -0.3 is 9.84 Å². The summed E-state index contributed by atoms with van der Waals surface area (Å²) in [4.78, 5) is 21.9. The number of carboxylic acids is 1. The van der Waals surface area contributed by atoms with Gasteiger partial charge in [0.05, 0.1) is 5.56 Å². The SMILES string of the molecule is CC(=O)c1ccc(Br)cc1OC(C)C(=O)O. The molecule has 4 nitrogen and oxygen atoms in total. The average molecular weight is 287 g/mol. The summed E-state index contributed by atoms with van der Waals surface area (Å²) in [6, 6.07) is 4.88. The molecule has 0 fully saturated rings. The molecule has 0 bridgehead atoms. The van der Waals surface area contributed by atoms with Crippen molar-refractivity contribution in [1.29, 1.82) is 0 Å². The highest BCUT2D eigenvalue weighted by atomic mass is 79.9. The third-order valence-electron chi connectivity index (χ3n) is 1.97. The summed E-state index contributed by atoms with van der Waals surface area (Å²) in [7, 11) is 0. The third-order valence-corrected chi connectivity index (χ3v) is 2.47. The second kappa shape index (κ2) is 5.12. The van der Waals surface area contributed by atoms with Crippen LogP contribution in [-0.4, -0.2) is 23.0 Å². The van der Waals surface area contributed by atoms with Crippen LogP contribution in [0, 0.1) is 0 Å². The van der Waals surface area contributed by atoms with Crippen molar-refractivity contribution in [3.8, 4) is 5.75 Å². The summed E-state index contributed by atoms with van der Waals surface area (Å²) < 4.78 is 5.93. The molecule has 1 aromatic carbocycles. The molecule has 0 spiro atoms. The Labute approximate surface area is 101 Å². The maximum absolute atomic E-state index is 11.3. The first kappa shape index (κ1) is 12.7. The number of halogens is 1. The maximum atomic E-state index is 11.3. The van der Waals surface area contributed by atoms with E-state index < -0.39 is 12.1 Å². The van der Waals surface area contributed by atoms with Crippen LogP contribution >= 0.6 is 15.9 Å². The van der Waals surface area contributed by atoms with E-state index in [2.05, 4.69) is 15.9 Å². The van der Waals surface area contributed by atoms with E-state index in [0.29, 0.717) is 5.56 Å². The normalized spacial score (nSPS) is 11.9. The van der Waals surface area contributed by atoms with E-state index in [1.807, 2.05) is 0 Å². The monoisotopic (exact) mass is 286 g/mol. The Kier molecular flexibility index (Phi) is 4.06. The fraction of sp³-hybridized carbons (Fsp3) is 0.273. The Morgan fingerprint density at radius 1 is 1.44 bits per heavy atom. The summed E-state index contributed by atoms with van der Waals surface area (Å²) in [5.74, 6) is -0.966. The lowest BCUT2D eigenvalue weighted by molar-refractivity contribution is -0.144. The number of carbonyl (C=O) groups is 2. The lowest BCUT2D eigenvalue weighted by atomic mass is 10.1. The second-order valence-electron chi connectivity index (χ2n) is 3.29. The largest absolute Gasteiger partial charge is 0.479 e. The molecule has 1 N–H and O–H groups in total. The van der Waals surface area contributed by atoms with Gasteiger partial charge in [-0.15, -0.1) is 0 Å². The number of rotatable bonds is 4. The zero-order valence-electron chi connectivity index (χ0n) is 8.86. The fourth-order valence-electron chi connectivity index (χ4n) is 1.13. The molecule has 0 aliphatic heterocycles. The Hall–Kier alpha value is -1.36. The van der Waals surface area contributed by atoms with E-state index in [0.717, 1.165) is 4.47 Å². The van der Waals surface area contributed by atoms with Crippen molar-refractivity contribution >= 4 is 27.7 Å². The fourth-order valence-corrected chi connectivity index (χ4v) is 1.47. The standard InChI is InChI=1S/C11H11BrO4/c1-6(13)9-4-3-8(12)5-10(9)16-7(2)11(14)15/h3-5,7H,1-2H3,(H,14,15). The van der Waals surface area contributed by atoms with E-state index in [1.54, 1.807) is 18.2 Å². The van der Waals surface area contributed by atoms with Gasteiger partial charge in [0.2, 0.25) is 0 Å².